The molecular formula is C10H10F2O2S. The van der Waals surface area contributed by atoms with Crippen molar-refractivity contribution in [1.82, 2.24) is 0 Å². The fraction of sp³-hybridized carbons (Fsp3) is 0.300. The van der Waals surface area contributed by atoms with Crippen LogP contribution in [0.25, 0.3) is 0 Å². The van der Waals surface area contributed by atoms with E-state index in [1.54, 1.807) is 12.1 Å². The lowest BCUT2D eigenvalue weighted by Crippen LogP contribution is -2.04. The third-order valence-corrected chi connectivity index (χ3v) is 2.08. The van der Waals surface area contributed by atoms with Crippen molar-refractivity contribution in [3.05, 3.63) is 23.8 Å². The third-order valence-electron chi connectivity index (χ3n) is 1.80. The van der Waals surface area contributed by atoms with Gasteiger partial charge >= 0.3 is 6.61 Å². The molecule has 15 heavy (non-hydrogen) atoms. The van der Waals surface area contributed by atoms with Gasteiger partial charge in [-0.3, -0.25) is 0 Å². The van der Waals surface area contributed by atoms with Crippen molar-refractivity contribution >= 4 is 18.9 Å². The Balaban J connectivity index is 2.86. The number of carbonyl (C=O) groups is 1. The number of aldehydes is 1. The maximum absolute atomic E-state index is 12.0. The minimum absolute atomic E-state index is 0.0827. The zero-order valence-electron chi connectivity index (χ0n) is 7.82. The van der Waals surface area contributed by atoms with Crippen molar-refractivity contribution in [2.75, 3.05) is 0 Å². The van der Waals surface area contributed by atoms with E-state index in [9.17, 15) is 13.6 Å². The van der Waals surface area contributed by atoms with Gasteiger partial charge in [-0.15, -0.1) is 12.6 Å². The second-order valence-electron chi connectivity index (χ2n) is 2.88. The molecule has 0 aliphatic heterocycles. The maximum atomic E-state index is 12.0. The van der Waals surface area contributed by atoms with Crippen molar-refractivity contribution in [1.29, 1.82) is 0 Å². The van der Waals surface area contributed by atoms with E-state index >= 15 is 0 Å². The topological polar surface area (TPSA) is 26.3 Å². The zero-order chi connectivity index (χ0) is 11.3. The number of thiol groups is 1. The van der Waals surface area contributed by atoms with Crippen LogP contribution < -0.4 is 4.74 Å². The Hall–Kier alpha value is -1.10. The fourth-order valence-electron chi connectivity index (χ4n) is 1.17. The summed E-state index contributed by atoms with van der Waals surface area (Å²) in [6, 6.07) is 4.71. The Morgan fingerprint density at radius 2 is 2.20 bits per heavy atom. The van der Waals surface area contributed by atoms with Crippen molar-refractivity contribution in [3.8, 4) is 5.75 Å². The summed E-state index contributed by atoms with van der Waals surface area (Å²) in [5.41, 5.74) is 0.584. The Morgan fingerprint density at radius 1 is 1.47 bits per heavy atom. The van der Waals surface area contributed by atoms with Crippen molar-refractivity contribution in [2.24, 2.45) is 0 Å². The van der Waals surface area contributed by atoms with E-state index in [2.05, 4.69) is 17.4 Å². The van der Waals surface area contributed by atoms with Gasteiger partial charge in [-0.1, -0.05) is 6.07 Å². The van der Waals surface area contributed by atoms with Gasteiger partial charge in [-0.25, -0.2) is 0 Å². The molecule has 0 N–H and O–H groups in total. The summed E-state index contributed by atoms with van der Waals surface area (Å²) >= 11 is 4.02. The van der Waals surface area contributed by atoms with Gasteiger partial charge in [0.1, 0.15) is 12.0 Å². The van der Waals surface area contributed by atoms with Gasteiger partial charge in [0, 0.05) is 11.3 Å². The Morgan fingerprint density at radius 3 is 2.80 bits per heavy atom. The third kappa shape index (κ3) is 3.87. The molecule has 1 aromatic rings. The van der Waals surface area contributed by atoms with E-state index in [0.29, 0.717) is 16.9 Å². The van der Waals surface area contributed by atoms with E-state index < -0.39 is 6.61 Å². The van der Waals surface area contributed by atoms with Crippen molar-refractivity contribution in [3.63, 3.8) is 0 Å². The van der Waals surface area contributed by atoms with Crippen molar-refractivity contribution < 1.29 is 18.3 Å². The standard InChI is InChI=1S/C10H10F2O2S/c11-10(12)14-9-6-8(15)4-3-7(9)2-1-5-13/h3-6,10,15H,1-2H2. The number of hydrogen-bond acceptors (Lipinski definition) is 3. The molecule has 0 heterocycles. The molecule has 0 aliphatic carbocycles. The molecule has 1 rings (SSSR count). The van der Waals surface area contributed by atoms with Crippen LogP contribution in [0.4, 0.5) is 8.78 Å². The molecule has 0 spiro atoms. The minimum Gasteiger partial charge on any atom is -0.435 e. The number of ether oxygens (including phenoxy) is 1. The zero-order valence-corrected chi connectivity index (χ0v) is 8.72. The lowest BCUT2D eigenvalue weighted by Gasteiger charge is -2.10. The highest BCUT2D eigenvalue weighted by Crippen LogP contribution is 2.25. The molecule has 82 valence electrons. The van der Waals surface area contributed by atoms with Gasteiger partial charge in [-0.05, 0) is 24.1 Å². The second-order valence-corrected chi connectivity index (χ2v) is 3.39. The minimum atomic E-state index is -2.87. The first-order valence-corrected chi connectivity index (χ1v) is 4.78. The quantitative estimate of drug-likeness (QED) is 0.624. The van der Waals surface area contributed by atoms with Crippen LogP contribution in [0.3, 0.4) is 0 Å². The summed E-state index contributed by atoms with van der Waals surface area (Å²) in [6.07, 6.45) is 1.41. The van der Waals surface area contributed by atoms with Gasteiger partial charge < -0.3 is 9.53 Å². The molecule has 2 nitrogen and oxygen atoms in total. The average Bonchev–Trinajstić information content (AvgIpc) is 2.16. The van der Waals surface area contributed by atoms with Gasteiger partial charge in [-0.2, -0.15) is 8.78 Å². The molecule has 0 radical (unpaired) electrons. The SMILES string of the molecule is O=CCCc1ccc(S)cc1OC(F)F. The summed E-state index contributed by atoms with van der Waals surface area (Å²) in [5.74, 6) is 0.0827. The highest BCUT2D eigenvalue weighted by molar-refractivity contribution is 7.80. The van der Waals surface area contributed by atoms with Crippen LogP contribution in [0.1, 0.15) is 12.0 Å². The smallest absolute Gasteiger partial charge is 0.387 e. The number of halogens is 2. The first-order chi connectivity index (χ1) is 7.13. The molecule has 0 fully saturated rings. The molecule has 0 saturated heterocycles. The van der Waals surface area contributed by atoms with E-state index in [1.807, 2.05) is 0 Å². The molecule has 1 aromatic carbocycles. The lowest BCUT2D eigenvalue weighted by molar-refractivity contribution is -0.107. The van der Waals surface area contributed by atoms with Crippen LogP contribution in [-0.2, 0) is 11.2 Å². The highest BCUT2D eigenvalue weighted by atomic mass is 32.1. The molecule has 0 bridgehead atoms. The largest absolute Gasteiger partial charge is 0.435 e. The number of alkyl halides is 2. The van der Waals surface area contributed by atoms with Gasteiger partial charge in [0.2, 0.25) is 0 Å². The second kappa shape index (κ2) is 5.70. The van der Waals surface area contributed by atoms with Gasteiger partial charge in [0.05, 0.1) is 0 Å². The Labute approximate surface area is 91.7 Å². The number of aryl methyl sites for hydroxylation is 1. The van der Waals surface area contributed by atoms with Gasteiger partial charge in [0.25, 0.3) is 0 Å². The molecule has 0 aliphatic rings. The lowest BCUT2D eigenvalue weighted by atomic mass is 10.1. The molecule has 0 saturated carbocycles. The first-order valence-electron chi connectivity index (χ1n) is 4.34. The highest BCUT2D eigenvalue weighted by Gasteiger charge is 2.09. The molecule has 0 atom stereocenters. The molecular weight excluding hydrogens is 222 g/mol. The molecule has 0 amide bonds. The molecule has 0 unspecified atom stereocenters. The number of benzene rings is 1. The average molecular weight is 232 g/mol. The number of hydrogen-bond donors (Lipinski definition) is 1. The van der Waals surface area contributed by atoms with Gasteiger partial charge in [0.15, 0.2) is 0 Å². The Kier molecular flexibility index (Phi) is 4.55. The fourth-order valence-corrected chi connectivity index (χ4v) is 1.36. The predicted octanol–water partition coefficient (Wildman–Crippen LogP) is 2.71. The summed E-state index contributed by atoms with van der Waals surface area (Å²) < 4.78 is 28.4. The summed E-state index contributed by atoms with van der Waals surface area (Å²) in [7, 11) is 0. The number of rotatable bonds is 5. The van der Waals surface area contributed by atoms with Crippen LogP contribution in [0, 0.1) is 0 Å². The van der Waals surface area contributed by atoms with Crippen LogP contribution in [0.15, 0.2) is 23.1 Å². The number of carbonyl (C=O) groups excluding carboxylic acids is 1. The first kappa shape index (κ1) is 12.0. The monoisotopic (exact) mass is 232 g/mol. The Bertz CT molecular complexity index is 342. The predicted molar refractivity (Wildman–Crippen MR) is 54.7 cm³/mol. The van der Waals surface area contributed by atoms with Crippen LogP contribution >= 0.6 is 12.6 Å². The summed E-state index contributed by atoms with van der Waals surface area (Å²) in [5, 5.41) is 0. The summed E-state index contributed by atoms with van der Waals surface area (Å²) in [6.45, 7) is -2.87. The van der Waals surface area contributed by atoms with E-state index in [4.69, 9.17) is 0 Å². The summed E-state index contributed by atoms with van der Waals surface area (Å²) in [4.78, 5) is 10.7. The molecule has 0 aromatic heterocycles. The van der Waals surface area contributed by atoms with E-state index in [0.717, 1.165) is 6.29 Å². The van der Waals surface area contributed by atoms with E-state index in [-0.39, 0.29) is 12.2 Å². The van der Waals surface area contributed by atoms with E-state index in [1.165, 1.54) is 6.07 Å². The molecule has 5 heteroatoms. The van der Waals surface area contributed by atoms with Crippen LogP contribution in [0.5, 0.6) is 5.75 Å². The normalized spacial score (nSPS) is 10.4. The van der Waals surface area contributed by atoms with Crippen molar-refractivity contribution in [2.45, 2.75) is 24.3 Å². The maximum Gasteiger partial charge on any atom is 0.387 e. The van der Waals surface area contributed by atoms with Crippen LogP contribution in [0.2, 0.25) is 0 Å². The van der Waals surface area contributed by atoms with Crippen LogP contribution in [-0.4, -0.2) is 12.9 Å².